The molecule has 0 saturated carbocycles. The lowest BCUT2D eigenvalue weighted by atomic mass is 10.0. The fourth-order valence-electron chi connectivity index (χ4n) is 9.31. The van der Waals surface area contributed by atoms with Gasteiger partial charge in [0.05, 0.1) is 6.61 Å². The van der Waals surface area contributed by atoms with Crippen molar-refractivity contribution in [3.05, 3.63) is 122 Å². The molecule has 0 radical (unpaired) electrons. The lowest BCUT2D eigenvalue weighted by molar-refractivity contribution is -0.161. The average Bonchev–Trinajstić information content (AvgIpc) is 3.44. The number of carbonyl (C=O) groups is 2. The van der Waals surface area contributed by atoms with Crippen molar-refractivity contribution in [2.24, 2.45) is 0 Å². The van der Waals surface area contributed by atoms with E-state index in [1.54, 1.807) is 0 Å². The molecule has 0 amide bonds. The summed E-state index contributed by atoms with van der Waals surface area (Å²) in [6.07, 6.45) is 99.2. The fraction of sp³-hybridized carbons (Fsp3) is 0.699. The molecular weight excluding hydrogens is 957 g/mol. The molecule has 1 N–H and O–H groups in total. The van der Waals surface area contributed by atoms with Gasteiger partial charge in [-0.25, -0.2) is 0 Å². The van der Waals surface area contributed by atoms with Crippen molar-refractivity contribution in [1.29, 1.82) is 0 Å². The van der Waals surface area contributed by atoms with E-state index in [1.807, 2.05) is 0 Å². The van der Waals surface area contributed by atoms with Crippen LogP contribution in [0.1, 0.15) is 309 Å². The number of ether oxygens (including phenoxy) is 2. The molecule has 0 rings (SSSR count). The maximum absolute atomic E-state index is 12.4. The van der Waals surface area contributed by atoms with Crippen LogP contribution in [0.5, 0.6) is 0 Å². The van der Waals surface area contributed by atoms with E-state index in [9.17, 15) is 14.7 Å². The van der Waals surface area contributed by atoms with Gasteiger partial charge in [0.1, 0.15) is 6.61 Å². The van der Waals surface area contributed by atoms with Crippen LogP contribution in [0.3, 0.4) is 0 Å². The van der Waals surface area contributed by atoms with Crippen LogP contribution in [-0.4, -0.2) is 36.4 Å². The molecule has 0 fully saturated rings. The van der Waals surface area contributed by atoms with Gasteiger partial charge in [-0.15, -0.1) is 0 Å². The Hall–Kier alpha value is -3.70. The minimum absolute atomic E-state index is 0.0709. The van der Waals surface area contributed by atoms with Crippen molar-refractivity contribution in [1.82, 2.24) is 0 Å². The van der Waals surface area contributed by atoms with E-state index in [0.717, 1.165) is 96.3 Å². The molecule has 0 bridgehead atoms. The topological polar surface area (TPSA) is 72.8 Å². The number of unbranched alkanes of at least 4 members (excludes halogenated alkanes) is 32. The number of aliphatic hydroxyl groups is 1. The molecule has 0 aliphatic heterocycles. The van der Waals surface area contributed by atoms with E-state index in [1.165, 1.54) is 186 Å². The zero-order chi connectivity index (χ0) is 56.2. The van der Waals surface area contributed by atoms with E-state index in [4.69, 9.17) is 9.47 Å². The first-order valence-electron chi connectivity index (χ1n) is 33.1. The number of carbonyl (C=O) groups excluding carboxylic acids is 2. The van der Waals surface area contributed by atoms with Gasteiger partial charge >= 0.3 is 11.9 Å². The molecule has 5 nitrogen and oxygen atoms in total. The summed E-state index contributed by atoms with van der Waals surface area (Å²) in [6.45, 7) is 4.04. The van der Waals surface area contributed by atoms with E-state index >= 15 is 0 Å². The Morgan fingerprint density at radius 3 is 0.833 bits per heavy atom. The predicted octanol–water partition coefficient (Wildman–Crippen LogP) is 23.0. The van der Waals surface area contributed by atoms with Crippen LogP contribution >= 0.6 is 0 Å². The van der Waals surface area contributed by atoms with E-state index in [0.29, 0.717) is 12.8 Å². The normalized spacial score (nSPS) is 13.0. The second kappa shape index (κ2) is 67.6. The summed E-state index contributed by atoms with van der Waals surface area (Å²) in [4.78, 5) is 24.6. The number of esters is 2. The highest BCUT2D eigenvalue weighted by Crippen LogP contribution is 2.17. The number of hydrogen-bond acceptors (Lipinski definition) is 5. The van der Waals surface area contributed by atoms with Gasteiger partial charge in [0.15, 0.2) is 6.10 Å². The average molecular weight is 1080 g/mol. The van der Waals surface area contributed by atoms with Gasteiger partial charge in [-0.3, -0.25) is 9.59 Å². The largest absolute Gasteiger partial charge is 0.462 e. The standard InChI is InChI=1S/C73H124O5/c1-3-5-7-9-11-13-15-17-19-21-23-25-27-29-31-33-34-35-36-37-38-40-42-44-46-48-50-52-54-56-58-60-62-64-66-68-73(76)78-71(69-74)70-77-72(75)67-65-63-61-59-57-55-53-51-49-47-45-43-41-39-32-30-28-26-24-22-20-18-16-14-12-10-8-6-4-2/h5,7,11,13,16-19,22-25,29,31,34-35,37-38,42,44,71,74H,3-4,6,8-10,12,14-15,20-21,26-28,30,32-33,36,39-41,43,45-70H2,1-2H3/b7-5-,13-11-,18-16-,19-17-,24-22-,25-23-,31-29-,35-34-,38-37-,44-42-. The summed E-state index contributed by atoms with van der Waals surface area (Å²) in [5.74, 6) is -0.591. The van der Waals surface area contributed by atoms with Crippen LogP contribution in [0.4, 0.5) is 0 Å². The maximum Gasteiger partial charge on any atom is 0.306 e. The first kappa shape index (κ1) is 74.3. The van der Waals surface area contributed by atoms with Gasteiger partial charge < -0.3 is 14.6 Å². The lowest BCUT2D eigenvalue weighted by Crippen LogP contribution is -2.28. The second-order valence-corrected chi connectivity index (χ2v) is 21.8. The number of aliphatic hydroxyl groups excluding tert-OH is 1. The fourth-order valence-corrected chi connectivity index (χ4v) is 9.31. The maximum atomic E-state index is 12.4. The molecule has 0 aromatic carbocycles. The molecule has 0 saturated heterocycles. The Kier molecular flexibility index (Phi) is 64.4. The Labute approximate surface area is 483 Å². The Bertz CT molecular complexity index is 1550. The van der Waals surface area contributed by atoms with Crippen molar-refractivity contribution in [2.75, 3.05) is 13.2 Å². The van der Waals surface area contributed by atoms with Gasteiger partial charge in [0, 0.05) is 12.8 Å². The SMILES string of the molecule is CC/C=C\C/C=C\C/C=C\C/C=C\C/C=C\C/C=C\C/C=C\C/C=C\CCCCCCCCCCCCC(=O)OC(CO)COC(=O)CCCCCCCCCCCCCCCCCCC/C=C\C/C=C\CCCCCCC. The Morgan fingerprint density at radius 2 is 0.551 bits per heavy atom. The lowest BCUT2D eigenvalue weighted by Gasteiger charge is -2.15. The van der Waals surface area contributed by atoms with Gasteiger partial charge in [-0.1, -0.05) is 309 Å². The van der Waals surface area contributed by atoms with Gasteiger partial charge in [-0.2, -0.15) is 0 Å². The Morgan fingerprint density at radius 1 is 0.308 bits per heavy atom. The first-order chi connectivity index (χ1) is 38.6. The van der Waals surface area contributed by atoms with Crippen molar-refractivity contribution < 1.29 is 24.2 Å². The van der Waals surface area contributed by atoms with E-state index < -0.39 is 6.10 Å². The van der Waals surface area contributed by atoms with E-state index in [-0.39, 0.29) is 25.2 Å². The summed E-state index contributed by atoms with van der Waals surface area (Å²) in [6, 6.07) is 0. The first-order valence-corrected chi connectivity index (χ1v) is 33.1. The van der Waals surface area contributed by atoms with Crippen molar-refractivity contribution in [3.8, 4) is 0 Å². The third-order valence-corrected chi connectivity index (χ3v) is 14.2. The quantitative estimate of drug-likeness (QED) is 0.0373. The van der Waals surface area contributed by atoms with Crippen LogP contribution < -0.4 is 0 Å². The van der Waals surface area contributed by atoms with Crippen LogP contribution in [0, 0.1) is 0 Å². The molecule has 0 heterocycles. The molecule has 0 aliphatic carbocycles. The highest BCUT2D eigenvalue weighted by Gasteiger charge is 2.16. The van der Waals surface area contributed by atoms with Crippen LogP contribution in [0.25, 0.3) is 0 Å². The molecule has 0 spiro atoms. The summed E-state index contributed by atoms with van der Waals surface area (Å²) < 4.78 is 10.7. The number of hydrogen-bond donors (Lipinski definition) is 1. The Balaban J connectivity index is 3.51. The zero-order valence-electron chi connectivity index (χ0n) is 51.1. The number of rotatable bonds is 60. The zero-order valence-corrected chi connectivity index (χ0v) is 51.1. The second-order valence-electron chi connectivity index (χ2n) is 21.8. The van der Waals surface area contributed by atoms with Gasteiger partial charge in [0.2, 0.25) is 0 Å². The van der Waals surface area contributed by atoms with Crippen molar-refractivity contribution in [3.63, 3.8) is 0 Å². The number of allylic oxidation sites excluding steroid dienone is 20. The molecule has 446 valence electrons. The molecule has 1 unspecified atom stereocenters. The molecule has 5 heteroatoms. The van der Waals surface area contributed by atoms with Crippen LogP contribution in [0.2, 0.25) is 0 Å². The summed E-state index contributed by atoms with van der Waals surface area (Å²) in [7, 11) is 0. The van der Waals surface area contributed by atoms with Crippen molar-refractivity contribution in [2.45, 2.75) is 315 Å². The minimum atomic E-state index is -0.782. The van der Waals surface area contributed by atoms with Gasteiger partial charge in [0.25, 0.3) is 0 Å². The highest BCUT2D eigenvalue weighted by molar-refractivity contribution is 5.70. The third kappa shape index (κ3) is 64.8. The van der Waals surface area contributed by atoms with E-state index in [2.05, 4.69) is 135 Å². The summed E-state index contributed by atoms with van der Waals surface area (Å²) >= 11 is 0. The smallest absolute Gasteiger partial charge is 0.306 e. The van der Waals surface area contributed by atoms with Crippen LogP contribution in [0.15, 0.2) is 122 Å². The molecule has 1 atom stereocenters. The predicted molar refractivity (Wildman–Crippen MR) is 343 cm³/mol. The molecule has 0 aromatic heterocycles. The van der Waals surface area contributed by atoms with Crippen molar-refractivity contribution >= 4 is 11.9 Å². The van der Waals surface area contributed by atoms with Crippen LogP contribution in [-0.2, 0) is 19.1 Å². The minimum Gasteiger partial charge on any atom is -0.462 e. The molecular formula is C73H124O5. The highest BCUT2D eigenvalue weighted by atomic mass is 16.6. The molecule has 0 aromatic rings. The van der Waals surface area contributed by atoms with Gasteiger partial charge in [-0.05, 0) is 109 Å². The summed E-state index contributed by atoms with van der Waals surface area (Å²) in [5, 5.41) is 9.69. The molecule has 78 heavy (non-hydrogen) atoms. The monoisotopic (exact) mass is 1080 g/mol. The summed E-state index contributed by atoms with van der Waals surface area (Å²) in [5.41, 5.74) is 0. The third-order valence-electron chi connectivity index (χ3n) is 14.2. The molecule has 0 aliphatic rings.